The molecule has 3 nitrogen and oxygen atoms in total. The zero-order chi connectivity index (χ0) is 7.40. The van der Waals surface area contributed by atoms with E-state index in [2.05, 4.69) is 11.7 Å². The molecule has 2 heterocycles. The Labute approximate surface area is 66.5 Å². The van der Waals surface area contributed by atoms with E-state index in [1.165, 1.54) is 0 Å². The lowest BCUT2D eigenvalue weighted by Crippen LogP contribution is -2.05. The summed E-state index contributed by atoms with van der Waals surface area (Å²) < 4.78 is 14.7. The fourth-order valence-corrected chi connectivity index (χ4v) is 2.54. The van der Waals surface area contributed by atoms with Crippen LogP contribution < -0.4 is 0 Å². The van der Waals surface area contributed by atoms with Crippen molar-refractivity contribution in [3.05, 3.63) is 0 Å². The van der Waals surface area contributed by atoms with Gasteiger partial charge in [0.15, 0.2) is 9.76 Å². The van der Waals surface area contributed by atoms with Crippen LogP contribution in [0.25, 0.3) is 0 Å². The molecule has 2 rings (SSSR count). The van der Waals surface area contributed by atoms with Crippen LogP contribution in [0.1, 0.15) is 6.92 Å². The maximum Gasteiger partial charge on any atom is 0.179 e. The topological polar surface area (TPSA) is 34.3 Å². The molecule has 0 saturated carbocycles. The van der Waals surface area contributed by atoms with E-state index in [0.717, 1.165) is 23.7 Å². The SMILES string of the molecule is C1CO1.CC1OC1[SiH2]O[SiH3]. The van der Waals surface area contributed by atoms with E-state index < -0.39 is 0 Å². The first kappa shape index (κ1) is 8.41. The standard InChI is InChI=1S/C3H10O2Si2.C2H4O/c1-2-3(4-2)7-5-6;1-2-3-1/h2-3H,7H2,1,6H3;1-2H2. The van der Waals surface area contributed by atoms with E-state index in [1.807, 2.05) is 0 Å². The van der Waals surface area contributed by atoms with Crippen molar-refractivity contribution in [1.29, 1.82) is 0 Å². The summed E-state index contributed by atoms with van der Waals surface area (Å²) in [7, 11) is 0.659. The lowest BCUT2D eigenvalue weighted by atomic mass is 10.6. The first-order valence-corrected chi connectivity index (χ1v) is 5.77. The third-order valence-electron chi connectivity index (χ3n) is 1.37. The molecule has 0 bridgehead atoms. The molecule has 2 saturated heterocycles. The van der Waals surface area contributed by atoms with Crippen LogP contribution in [0.5, 0.6) is 0 Å². The lowest BCUT2D eigenvalue weighted by Gasteiger charge is -1.85. The fourth-order valence-electron chi connectivity index (χ4n) is 0.569. The molecule has 0 radical (unpaired) electrons. The van der Waals surface area contributed by atoms with Gasteiger partial charge in [-0.1, -0.05) is 0 Å². The predicted octanol–water partition coefficient (Wildman–Crippen LogP) is -1.87. The summed E-state index contributed by atoms with van der Waals surface area (Å²) in [6, 6.07) is 0. The van der Waals surface area contributed by atoms with Crippen LogP contribution in [0, 0.1) is 0 Å². The Bertz CT molecular complexity index is 96.1. The van der Waals surface area contributed by atoms with Crippen molar-refractivity contribution in [3.63, 3.8) is 0 Å². The third-order valence-corrected chi connectivity index (χ3v) is 3.89. The Balaban J connectivity index is 0.000000138. The second-order valence-corrected chi connectivity index (χ2v) is 5.89. The van der Waals surface area contributed by atoms with Gasteiger partial charge in [0.25, 0.3) is 0 Å². The molecule has 2 aliphatic rings. The summed E-state index contributed by atoms with van der Waals surface area (Å²) in [6.07, 6.45) is 0.528. The van der Waals surface area contributed by atoms with E-state index in [9.17, 15) is 0 Å². The normalized spacial score (nSPS) is 35.7. The first-order valence-electron chi connectivity index (χ1n) is 3.56. The Hall–Kier alpha value is 0.314. The van der Waals surface area contributed by atoms with Crippen molar-refractivity contribution in [2.75, 3.05) is 13.2 Å². The maximum absolute atomic E-state index is 5.12. The monoisotopic (exact) mass is 178 g/mol. The highest BCUT2D eigenvalue weighted by Gasteiger charge is 2.33. The molecule has 0 aromatic rings. The van der Waals surface area contributed by atoms with Crippen molar-refractivity contribution in [2.24, 2.45) is 0 Å². The first-order chi connectivity index (χ1) is 4.84. The zero-order valence-corrected chi connectivity index (χ0v) is 9.91. The van der Waals surface area contributed by atoms with Gasteiger partial charge in [-0.05, 0) is 6.92 Å². The van der Waals surface area contributed by atoms with Crippen molar-refractivity contribution >= 4 is 20.2 Å². The summed E-state index contributed by atoms with van der Waals surface area (Å²) in [5, 5.41) is 0. The minimum atomic E-state index is -0.240. The van der Waals surface area contributed by atoms with Gasteiger partial charge in [0, 0.05) is 0 Å². The van der Waals surface area contributed by atoms with Gasteiger partial charge in [-0.2, -0.15) is 0 Å². The fraction of sp³-hybridized carbons (Fsp3) is 1.00. The molecule has 60 valence electrons. The highest BCUT2D eigenvalue weighted by Crippen LogP contribution is 2.18. The van der Waals surface area contributed by atoms with Crippen molar-refractivity contribution in [1.82, 2.24) is 0 Å². The summed E-state index contributed by atoms with van der Waals surface area (Å²) in [5.41, 5.74) is 0.567. The van der Waals surface area contributed by atoms with E-state index in [1.54, 1.807) is 0 Å². The van der Waals surface area contributed by atoms with Gasteiger partial charge < -0.3 is 13.6 Å². The summed E-state index contributed by atoms with van der Waals surface area (Å²) in [4.78, 5) is 0. The Morgan fingerprint density at radius 1 is 1.60 bits per heavy atom. The second-order valence-electron chi connectivity index (χ2n) is 2.45. The minimum Gasteiger partial charge on any atom is -0.466 e. The van der Waals surface area contributed by atoms with Crippen LogP contribution in [-0.2, 0) is 13.6 Å². The lowest BCUT2D eigenvalue weighted by molar-refractivity contribution is 0.403. The van der Waals surface area contributed by atoms with Crippen LogP contribution >= 0.6 is 0 Å². The number of rotatable bonds is 2. The van der Waals surface area contributed by atoms with E-state index in [0.29, 0.717) is 11.8 Å². The summed E-state index contributed by atoms with van der Waals surface area (Å²) in [6.45, 7) is 4.10. The predicted molar refractivity (Wildman–Crippen MR) is 44.7 cm³/mol. The quantitative estimate of drug-likeness (QED) is 0.367. The number of hydrogen-bond donors (Lipinski definition) is 0. The van der Waals surface area contributed by atoms with Gasteiger partial charge in [0.2, 0.25) is 0 Å². The van der Waals surface area contributed by atoms with Gasteiger partial charge in [0.05, 0.1) is 25.0 Å². The number of ether oxygens (including phenoxy) is 2. The molecule has 2 unspecified atom stereocenters. The molecule has 10 heavy (non-hydrogen) atoms. The molecule has 0 amide bonds. The number of hydrogen-bond acceptors (Lipinski definition) is 3. The molecular formula is C5H14O3Si2. The van der Waals surface area contributed by atoms with Crippen molar-refractivity contribution in [3.8, 4) is 0 Å². The van der Waals surface area contributed by atoms with E-state index in [4.69, 9.17) is 8.85 Å². The summed E-state index contributed by atoms with van der Waals surface area (Å²) >= 11 is 0. The average molecular weight is 178 g/mol. The highest BCUT2D eigenvalue weighted by atomic mass is 28.3. The molecule has 0 aliphatic carbocycles. The molecule has 5 heteroatoms. The zero-order valence-electron chi connectivity index (χ0n) is 6.50. The van der Waals surface area contributed by atoms with Crippen LogP contribution in [-0.4, -0.2) is 45.3 Å². The Morgan fingerprint density at radius 3 is 2.20 bits per heavy atom. The van der Waals surface area contributed by atoms with Gasteiger partial charge >= 0.3 is 0 Å². The van der Waals surface area contributed by atoms with Gasteiger partial charge in [-0.25, -0.2) is 0 Å². The highest BCUT2D eigenvalue weighted by molar-refractivity contribution is 6.36. The van der Waals surface area contributed by atoms with Crippen LogP contribution in [0.2, 0.25) is 0 Å². The number of epoxide rings is 2. The van der Waals surface area contributed by atoms with Gasteiger partial charge in [-0.3, -0.25) is 0 Å². The largest absolute Gasteiger partial charge is 0.466 e. The molecule has 2 aliphatic heterocycles. The van der Waals surface area contributed by atoms with Crippen molar-refractivity contribution in [2.45, 2.75) is 18.8 Å². The second kappa shape index (κ2) is 4.25. The maximum atomic E-state index is 5.12. The molecule has 2 atom stereocenters. The van der Waals surface area contributed by atoms with Crippen LogP contribution in [0.3, 0.4) is 0 Å². The molecule has 0 aromatic carbocycles. The minimum absolute atomic E-state index is 0.240. The Kier molecular flexibility index (Phi) is 3.57. The van der Waals surface area contributed by atoms with Crippen molar-refractivity contribution < 1.29 is 13.6 Å². The average Bonchev–Trinajstić information content (AvgIpc) is 2.66. The smallest absolute Gasteiger partial charge is 0.179 e. The molecule has 0 aromatic heterocycles. The van der Waals surface area contributed by atoms with E-state index >= 15 is 0 Å². The van der Waals surface area contributed by atoms with E-state index in [-0.39, 0.29) is 9.76 Å². The molecular weight excluding hydrogens is 164 g/mol. The molecule has 0 N–H and O–H groups in total. The van der Waals surface area contributed by atoms with Gasteiger partial charge in [-0.15, -0.1) is 0 Å². The Morgan fingerprint density at radius 2 is 2.10 bits per heavy atom. The van der Waals surface area contributed by atoms with Gasteiger partial charge in [0.1, 0.15) is 10.5 Å². The van der Waals surface area contributed by atoms with Crippen LogP contribution in [0.4, 0.5) is 0 Å². The summed E-state index contributed by atoms with van der Waals surface area (Å²) in [5.74, 6) is 0. The molecule has 0 spiro atoms. The van der Waals surface area contributed by atoms with Crippen LogP contribution in [0.15, 0.2) is 0 Å². The third kappa shape index (κ3) is 4.18. The molecule has 2 fully saturated rings.